The van der Waals surface area contributed by atoms with Crippen molar-refractivity contribution in [3.63, 3.8) is 0 Å². The number of aliphatic imine (C=N–C) groups is 1. The van der Waals surface area contributed by atoms with Crippen molar-refractivity contribution < 1.29 is 23.1 Å². The first-order valence-electron chi connectivity index (χ1n) is 7.60. The highest BCUT2D eigenvalue weighted by atomic mass is 35.5. The Hall–Kier alpha value is -1.29. The molecule has 1 aromatic rings. The molecule has 140 valence electrons. The molecular weight excluding hydrogens is 423 g/mol. The number of benzene rings is 1. The Kier molecular flexibility index (Phi) is 5.53. The molecule has 2 aliphatic heterocycles. The molecule has 2 saturated heterocycles. The fourth-order valence-corrected chi connectivity index (χ4v) is 7.37. The monoisotopic (exact) mass is 436 g/mol. The quantitative estimate of drug-likeness (QED) is 0.772. The van der Waals surface area contributed by atoms with E-state index in [0.29, 0.717) is 20.9 Å². The number of nitrogens with zero attached hydrogens (tertiary/aromatic N) is 2. The molecule has 0 spiro atoms. The van der Waals surface area contributed by atoms with E-state index < -0.39 is 21.7 Å². The van der Waals surface area contributed by atoms with Crippen LogP contribution in [0.3, 0.4) is 0 Å². The number of aliphatic carboxylic acids is 1. The summed E-state index contributed by atoms with van der Waals surface area (Å²) >= 11 is 13.3. The number of carbonyl (C=O) groups is 2. The molecule has 26 heavy (non-hydrogen) atoms. The van der Waals surface area contributed by atoms with E-state index >= 15 is 0 Å². The van der Waals surface area contributed by atoms with Crippen LogP contribution in [0.1, 0.15) is 12.8 Å². The van der Waals surface area contributed by atoms with Crippen molar-refractivity contribution in [3.05, 3.63) is 28.2 Å². The number of sulfone groups is 1. The standard InChI is InChI=1S/C15H14Cl2N2O5S2/c16-8-3-9(17)5-10(4-8)19-11-6-26(23,24)7-12(11)25-15(19)18-13(20)1-2-14(21)22/h3-5,11-12H,1-2,6-7H2,(H,21,22)/t11-,12+/m0/s1. The Morgan fingerprint density at radius 1 is 1.19 bits per heavy atom. The van der Waals surface area contributed by atoms with Crippen LogP contribution in [0.15, 0.2) is 23.2 Å². The average molecular weight is 437 g/mol. The van der Waals surface area contributed by atoms with Gasteiger partial charge in [-0.2, -0.15) is 4.99 Å². The number of amides is 1. The highest BCUT2D eigenvalue weighted by Gasteiger charge is 2.49. The van der Waals surface area contributed by atoms with Crippen molar-refractivity contribution >= 4 is 67.5 Å². The topological polar surface area (TPSA) is 104 Å². The number of hydrogen-bond donors (Lipinski definition) is 1. The summed E-state index contributed by atoms with van der Waals surface area (Å²) < 4.78 is 24.0. The fraction of sp³-hybridized carbons (Fsp3) is 0.400. The molecule has 0 saturated carbocycles. The number of fused-ring (bicyclic) bond motifs is 1. The second-order valence-electron chi connectivity index (χ2n) is 5.98. The Morgan fingerprint density at radius 3 is 2.46 bits per heavy atom. The van der Waals surface area contributed by atoms with Crippen molar-refractivity contribution in [2.45, 2.75) is 24.1 Å². The molecule has 0 aliphatic carbocycles. The zero-order valence-corrected chi connectivity index (χ0v) is 16.4. The van der Waals surface area contributed by atoms with E-state index in [9.17, 15) is 18.0 Å². The van der Waals surface area contributed by atoms with Gasteiger partial charge in [-0.1, -0.05) is 35.0 Å². The predicted molar refractivity (Wildman–Crippen MR) is 102 cm³/mol. The number of halogens is 2. The van der Waals surface area contributed by atoms with Gasteiger partial charge in [-0.25, -0.2) is 8.42 Å². The molecule has 2 fully saturated rings. The lowest BCUT2D eigenvalue weighted by Gasteiger charge is -2.24. The van der Waals surface area contributed by atoms with Gasteiger partial charge in [-0.05, 0) is 18.2 Å². The zero-order chi connectivity index (χ0) is 19.1. The number of carboxylic acid groups (broad SMARTS) is 1. The van der Waals surface area contributed by atoms with Gasteiger partial charge in [0.1, 0.15) is 0 Å². The molecule has 0 radical (unpaired) electrons. The van der Waals surface area contributed by atoms with Crippen LogP contribution in [-0.4, -0.2) is 53.4 Å². The average Bonchev–Trinajstić information content (AvgIpc) is 2.94. The summed E-state index contributed by atoms with van der Waals surface area (Å²) in [7, 11) is -3.19. The molecule has 7 nitrogen and oxygen atoms in total. The number of amidine groups is 1. The van der Waals surface area contributed by atoms with Crippen LogP contribution >= 0.6 is 35.0 Å². The van der Waals surface area contributed by atoms with Gasteiger partial charge in [0, 0.05) is 27.4 Å². The number of hydrogen-bond acceptors (Lipinski definition) is 5. The maximum absolute atomic E-state index is 12.0. The van der Waals surface area contributed by atoms with Gasteiger partial charge in [0.15, 0.2) is 15.0 Å². The molecule has 11 heteroatoms. The molecule has 0 unspecified atom stereocenters. The summed E-state index contributed by atoms with van der Waals surface area (Å²) in [6.07, 6.45) is -0.540. The molecular formula is C15H14Cl2N2O5S2. The van der Waals surface area contributed by atoms with Crippen molar-refractivity contribution in [1.29, 1.82) is 0 Å². The molecule has 0 aromatic heterocycles. The molecule has 1 aromatic carbocycles. The SMILES string of the molecule is O=C(O)CCC(=O)N=C1S[C@@H]2CS(=O)(=O)C[C@@H]2N1c1cc(Cl)cc(Cl)c1. The summed E-state index contributed by atoms with van der Waals surface area (Å²) in [5.74, 6) is -1.72. The van der Waals surface area contributed by atoms with Gasteiger partial charge < -0.3 is 10.0 Å². The van der Waals surface area contributed by atoms with Crippen LogP contribution in [0.5, 0.6) is 0 Å². The Labute approximate surface area is 164 Å². The maximum Gasteiger partial charge on any atom is 0.303 e. The summed E-state index contributed by atoms with van der Waals surface area (Å²) in [5, 5.41) is 9.51. The highest BCUT2D eigenvalue weighted by Crippen LogP contribution is 2.42. The number of carbonyl (C=O) groups excluding carboxylic acids is 1. The molecule has 2 aliphatic rings. The third kappa shape index (κ3) is 4.33. The zero-order valence-electron chi connectivity index (χ0n) is 13.3. The molecule has 2 heterocycles. The summed E-state index contributed by atoms with van der Waals surface area (Å²) in [4.78, 5) is 28.3. The van der Waals surface area contributed by atoms with Crippen LogP contribution in [0, 0.1) is 0 Å². The van der Waals surface area contributed by atoms with Crippen molar-refractivity contribution in [2.24, 2.45) is 4.99 Å². The van der Waals surface area contributed by atoms with Crippen molar-refractivity contribution in [2.75, 3.05) is 16.4 Å². The molecule has 1 amide bonds. The van der Waals surface area contributed by atoms with Gasteiger partial charge in [0.25, 0.3) is 0 Å². The van der Waals surface area contributed by atoms with Crippen LogP contribution in [0.4, 0.5) is 5.69 Å². The minimum atomic E-state index is -3.19. The minimum absolute atomic E-state index is 0.00450. The highest BCUT2D eigenvalue weighted by molar-refractivity contribution is 8.16. The normalized spacial score (nSPS) is 25.5. The van der Waals surface area contributed by atoms with E-state index in [2.05, 4.69) is 4.99 Å². The first-order valence-corrected chi connectivity index (χ1v) is 11.1. The second-order valence-corrected chi connectivity index (χ2v) is 10.2. The summed E-state index contributed by atoms with van der Waals surface area (Å²) in [6.45, 7) is 0. The molecule has 1 N–H and O–H groups in total. The minimum Gasteiger partial charge on any atom is -0.481 e. The Balaban J connectivity index is 1.96. The third-order valence-electron chi connectivity index (χ3n) is 3.97. The molecule has 2 atom stereocenters. The van der Waals surface area contributed by atoms with E-state index in [1.54, 1.807) is 23.1 Å². The smallest absolute Gasteiger partial charge is 0.303 e. The Morgan fingerprint density at radius 2 is 1.85 bits per heavy atom. The van der Waals surface area contributed by atoms with Gasteiger partial charge >= 0.3 is 5.97 Å². The van der Waals surface area contributed by atoms with Crippen LogP contribution in [0.25, 0.3) is 0 Å². The van der Waals surface area contributed by atoms with Crippen LogP contribution in [-0.2, 0) is 19.4 Å². The number of anilines is 1. The second kappa shape index (κ2) is 7.38. The van der Waals surface area contributed by atoms with E-state index in [4.69, 9.17) is 28.3 Å². The summed E-state index contributed by atoms with van der Waals surface area (Å²) in [5.41, 5.74) is 0.546. The largest absolute Gasteiger partial charge is 0.481 e. The van der Waals surface area contributed by atoms with E-state index in [0.717, 1.165) is 0 Å². The van der Waals surface area contributed by atoms with Crippen LogP contribution in [0.2, 0.25) is 10.0 Å². The van der Waals surface area contributed by atoms with E-state index in [1.165, 1.54) is 11.8 Å². The summed E-state index contributed by atoms with van der Waals surface area (Å²) in [6, 6.07) is 4.41. The third-order valence-corrected chi connectivity index (χ3v) is 7.61. The maximum atomic E-state index is 12.0. The number of rotatable bonds is 4. The number of carboxylic acids is 1. The predicted octanol–water partition coefficient (Wildman–Crippen LogP) is 2.46. The first-order chi connectivity index (χ1) is 12.1. The van der Waals surface area contributed by atoms with Crippen LogP contribution < -0.4 is 4.90 Å². The lowest BCUT2D eigenvalue weighted by atomic mass is 10.2. The lowest BCUT2D eigenvalue weighted by Crippen LogP contribution is -2.37. The van der Waals surface area contributed by atoms with Crippen molar-refractivity contribution in [3.8, 4) is 0 Å². The van der Waals surface area contributed by atoms with Gasteiger partial charge in [0.2, 0.25) is 5.91 Å². The Bertz CT molecular complexity index is 883. The van der Waals surface area contributed by atoms with E-state index in [-0.39, 0.29) is 35.6 Å². The van der Waals surface area contributed by atoms with Gasteiger partial charge in [0.05, 0.1) is 24.0 Å². The van der Waals surface area contributed by atoms with E-state index in [1.807, 2.05) is 0 Å². The molecule has 0 bridgehead atoms. The first kappa shape index (κ1) is 19.5. The van der Waals surface area contributed by atoms with Gasteiger partial charge in [-0.3, -0.25) is 9.59 Å². The fourth-order valence-electron chi connectivity index (χ4n) is 2.92. The lowest BCUT2D eigenvalue weighted by molar-refractivity contribution is -0.138. The van der Waals surface area contributed by atoms with Gasteiger partial charge in [-0.15, -0.1) is 0 Å². The number of thioether (sulfide) groups is 1. The molecule has 3 rings (SSSR count). The van der Waals surface area contributed by atoms with Crippen molar-refractivity contribution in [1.82, 2.24) is 0 Å².